The van der Waals surface area contributed by atoms with Crippen molar-refractivity contribution in [3.05, 3.63) is 95.0 Å². The first-order valence-corrected chi connectivity index (χ1v) is 15.4. The zero-order valence-corrected chi connectivity index (χ0v) is 23.7. The first-order chi connectivity index (χ1) is 18.6. The Kier molecular flexibility index (Phi) is 13.8. The maximum Gasteiger partial charge on any atom is 0.175 e. The van der Waals surface area contributed by atoms with Crippen LogP contribution in [0.5, 0.6) is 0 Å². The van der Waals surface area contributed by atoms with Crippen molar-refractivity contribution in [1.29, 1.82) is 0 Å². The van der Waals surface area contributed by atoms with Crippen molar-refractivity contribution >= 4 is 33.9 Å². The summed E-state index contributed by atoms with van der Waals surface area (Å²) in [4.78, 5) is 13.1. The van der Waals surface area contributed by atoms with Gasteiger partial charge in [0.15, 0.2) is 5.78 Å². The zero-order chi connectivity index (χ0) is 26.8. The number of carbonyl (C=O) groups is 1. The first-order valence-electron chi connectivity index (χ1n) is 13.7. The number of halogens is 1. The molecular weight excluding hydrogens is 510 g/mol. The molecule has 3 rings (SSSR count). The van der Waals surface area contributed by atoms with E-state index in [2.05, 4.69) is 17.2 Å². The molecule has 1 unspecified atom stereocenters. The monoisotopic (exact) mass is 547 g/mol. The number of benzene rings is 3. The van der Waals surface area contributed by atoms with Gasteiger partial charge in [0.25, 0.3) is 0 Å². The van der Waals surface area contributed by atoms with Gasteiger partial charge in [-0.05, 0) is 73.5 Å². The Labute approximate surface area is 235 Å². The molecule has 5 heteroatoms. The van der Waals surface area contributed by atoms with Crippen molar-refractivity contribution in [3.8, 4) is 11.8 Å². The molecule has 0 aliphatic rings. The first kappa shape index (κ1) is 29.7. The number of ketones is 1. The smallest absolute Gasteiger partial charge is 0.175 e. The second-order valence-electron chi connectivity index (χ2n) is 9.47. The molecule has 0 spiro atoms. The molecule has 0 saturated heterocycles. The lowest BCUT2D eigenvalue weighted by atomic mass is 10.1. The minimum Gasteiger partial charge on any atom is -0.385 e. The third kappa shape index (κ3) is 11.7. The molecule has 3 aromatic carbocycles. The molecule has 0 aliphatic heterocycles. The fraction of sp³-hybridized carbons (Fsp3) is 0.364. The number of hydrogen-bond acceptors (Lipinski definition) is 3. The summed E-state index contributed by atoms with van der Waals surface area (Å²) >= 11 is 5.89. The minimum atomic E-state index is -1.31. The van der Waals surface area contributed by atoms with Gasteiger partial charge in [0.05, 0.1) is 16.6 Å². The van der Waals surface area contributed by atoms with Crippen LogP contribution in [-0.2, 0) is 10.8 Å². The molecular formula is C33H38ClNO2S. The van der Waals surface area contributed by atoms with Crippen LogP contribution in [0.25, 0.3) is 0 Å². The molecule has 0 saturated carbocycles. The molecule has 1 atom stereocenters. The summed E-state index contributed by atoms with van der Waals surface area (Å²) in [7, 11) is -1.31. The Hall–Kier alpha value is -2.87. The summed E-state index contributed by atoms with van der Waals surface area (Å²) < 4.78 is 12.4. The Morgan fingerprint density at radius 1 is 0.737 bits per heavy atom. The third-order valence-corrected chi connectivity index (χ3v) is 7.93. The van der Waals surface area contributed by atoms with Gasteiger partial charge in [0, 0.05) is 39.7 Å². The van der Waals surface area contributed by atoms with Crippen molar-refractivity contribution in [1.82, 2.24) is 0 Å². The predicted octanol–water partition coefficient (Wildman–Crippen LogP) is 8.70. The van der Waals surface area contributed by atoms with Crippen LogP contribution in [0, 0.1) is 11.8 Å². The molecule has 0 amide bonds. The van der Waals surface area contributed by atoms with Gasteiger partial charge in [-0.25, -0.2) is 0 Å². The van der Waals surface area contributed by atoms with Crippen LogP contribution < -0.4 is 5.32 Å². The van der Waals surface area contributed by atoms with E-state index in [-0.39, 0.29) is 11.5 Å². The maximum atomic E-state index is 12.5. The molecule has 38 heavy (non-hydrogen) atoms. The van der Waals surface area contributed by atoms with Crippen molar-refractivity contribution in [3.63, 3.8) is 0 Å². The lowest BCUT2D eigenvalue weighted by Crippen LogP contribution is -2.11. The highest BCUT2D eigenvalue weighted by Gasteiger charge is 2.12. The minimum absolute atomic E-state index is 0.0105. The fourth-order valence-electron chi connectivity index (χ4n) is 4.14. The Morgan fingerprint density at radius 3 is 2.00 bits per heavy atom. The average Bonchev–Trinajstić information content (AvgIpc) is 2.95. The Morgan fingerprint density at radius 2 is 1.34 bits per heavy atom. The van der Waals surface area contributed by atoms with Crippen LogP contribution in [0.1, 0.15) is 80.1 Å². The van der Waals surface area contributed by atoms with E-state index in [0.29, 0.717) is 10.5 Å². The normalized spacial score (nSPS) is 11.4. The van der Waals surface area contributed by atoms with Crippen LogP contribution in [0.15, 0.2) is 83.8 Å². The lowest BCUT2D eigenvalue weighted by Gasteiger charge is -2.08. The quantitative estimate of drug-likeness (QED) is 0.111. The van der Waals surface area contributed by atoms with E-state index in [9.17, 15) is 9.00 Å². The van der Waals surface area contributed by atoms with Crippen LogP contribution in [0.2, 0.25) is 5.02 Å². The van der Waals surface area contributed by atoms with Gasteiger partial charge in [-0.15, -0.1) is 0 Å². The van der Waals surface area contributed by atoms with E-state index >= 15 is 0 Å². The largest absolute Gasteiger partial charge is 0.385 e. The zero-order valence-electron chi connectivity index (χ0n) is 22.1. The molecule has 0 heterocycles. The summed E-state index contributed by atoms with van der Waals surface area (Å²) in [6.07, 6.45) is 12.3. The molecule has 200 valence electrons. The number of unbranched alkanes of at least 4 members (excludes halogenated alkanes) is 9. The number of nitrogens with one attached hydrogen (secondary N) is 1. The number of carbonyl (C=O) groups excluding carboxylic acids is 1. The van der Waals surface area contributed by atoms with E-state index < -0.39 is 10.8 Å². The van der Waals surface area contributed by atoms with E-state index in [1.54, 1.807) is 12.1 Å². The molecule has 0 radical (unpaired) electrons. The predicted molar refractivity (Wildman–Crippen MR) is 161 cm³/mol. The third-order valence-electron chi connectivity index (χ3n) is 6.36. The van der Waals surface area contributed by atoms with Gasteiger partial charge in [0.1, 0.15) is 0 Å². The molecule has 3 nitrogen and oxygen atoms in total. The summed E-state index contributed by atoms with van der Waals surface area (Å²) in [5.41, 5.74) is 2.65. The van der Waals surface area contributed by atoms with Crippen LogP contribution in [0.4, 0.5) is 5.69 Å². The van der Waals surface area contributed by atoms with Crippen LogP contribution in [-0.4, -0.2) is 22.3 Å². The Balaban J connectivity index is 1.16. The molecule has 0 aliphatic carbocycles. The summed E-state index contributed by atoms with van der Waals surface area (Å²) in [6, 6.07) is 24.3. The summed E-state index contributed by atoms with van der Waals surface area (Å²) in [5.74, 6) is 6.37. The van der Waals surface area contributed by atoms with Gasteiger partial charge in [0.2, 0.25) is 0 Å². The highest BCUT2D eigenvalue weighted by molar-refractivity contribution is 7.85. The van der Waals surface area contributed by atoms with Gasteiger partial charge in [-0.2, -0.15) is 0 Å². The van der Waals surface area contributed by atoms with Crippen molar-refractivity contribution < 1.29 is 9.00 Å². The number of Topliss-reactive ketones (excluding diaryl/α,β-unsaturated/α-hetero) is 1. The highest BCUT2D eigenvalue weighted by Crippen LogP contribution is 2.14. The maximum absolute atomic E-state index is 12.5. The highest BCUT2D eigenvalue weighted by atomic mass is 35.5. The van der Waals surface area contributed by atoms with Gasteiger partial charge < -0.3 is 5.32 Å². The average molecular weight is 548 g/mol. The lowest BCUT2D eigenvalue weighted by molar-refractivity contribution is 0.102. The fourth-order valence-corrected chi connectivity index (χ4v) is 5.30. The van der Waals surface area contributed by atoms with E-state index in [1.165, 1.54) is 51.4 Å². The van der Waals surface area contributed by atoms with Gasteiger partial charge in [-0.3, -0.25) is 9.00 Å². The summed E-state index contributed by atoms with van der Waals surface area (Å²) in [5, 5.41) is 4.19. The van der Waals surface area contributed by atoms with Crippen LogP contribution in [0.3, 0.4) is 0 Å². The molecule has 0 fully saturated rings. The molecule has 1 N–H and O–H groups in total. The summed E-state index contributed by atoms with van der Waals surface area (Å²) in [6.45, 7) is 0.933. The second-order valence-corrected chi connectivity index (χ2v) is 11.4. The van der Waals surface area contributed by atoms with Crippen LogP contribution >= 0.6 is 11.6 Å². The number of hydrogen-bond donors (Lipinski definition) is 1. The number of anilines is 1. The van der Waals surface area contributed by atoms with E-state index in [1.807, 2.05) is 66.7 Å². The van der Waals surface area contributed by atoms with E-state index in [0.717, 1.165) is 35.7 Å². The topological polar surface area (TPSA) is 46.2 Å². The van der Waals surface area contributed by atoms with Gasteiger partial charge in [-0.1, -0.05) is 86.6 Å². The van der Waals surface area contributed by atoms with E-state index in [4.69, 9.17) is 11.6 Å². The standard InChI is InChI=1S/C33H38ClNO2S/c34-30-22-18-28(19-23-30)15-11-8-6-4-2-1-3-5-7-9-14-26-35-31-24-20-29(21-25-31)33(36)27-38(37)32-16-12-10-13-17-32/h10,12-13,16-25,35H,1-9,14,26-27H2. The van der Waals surface area contributed by atoms with Crippen molar-refractivity contribution in [2.24, 2.45) is 0 Å². The van der Waals surface area contributed by atoms with Crippen molar-refractivity contribution in [2.45, 2.75) is 69.1 Å². The Bertz CT molecular complexity index is 1180. The number of rotatable bonds is 16. The molecule has 3 aromatic rings. The van der Waals surface area contributed by atoms with Gasteiger partial charge >= 0.3 is 0 Å². The molecule has 0 aromatic heterocycles. The van der Waals surface area contributed by atoms with Crippen molar-refractivity contribution in [2.75, 3.05) is 17.6 Å². The second kappa shape index (κ2) is 17.6. The molecule has 0 bridgehead atoms. The SMILES string of the molecule is O=C(CS(=O)c1ccccc1)c1ccc(NCCCCCCCCCCCC#Cc2ccc(Cl)cc2)cc1.